The van der Waals surface area contributed by atoms with Gasteiger partial charge >= 0.3 is 5.97 Å². The number of hydrogen-bond donors (Lipinski definition) is 2. The van der Waals surface area contributed by atoms with Gasteiger partial charge in [-0.25, -0.2) is 4.79 Å². The van der Waals surface area contributed by atoms with Crippen LogP contribution in [0, 0.1) is 0 Å². The van der Waals surface area contributed by atoms with E-state index in [1.165, 1.54) is 41.2 Å². The minimum absolute atomic E-state index is 0.0379. The second-order valence-electron chi connectivity index (χ2n) is 6.20. The maximum Gasteiger partial charge on any atom is 0.352 e. The number of β-lactam (4-membered cyclic amide) rings is 1. The van der Waals surface area contributed by atoms with Gasteiger partial charge in [0.1, 0.15) is 24.2 Å². The zero-order valence-corrected chi connectivity index (χ0v) is 17.3. The number of hydrogen-bond acceptors (Lipinski definition) is 7. The Bertz CT molecular complexity index is 1100. The van der Waals surface area contributed by atoms with Crippen LogP contribution in [0.25, 0.3) is 10.8 Å². The summed E-state index contributed by atoms with van der Waals surface area (Å²) in [6.07, 6.45) is 1.49. The molecule has 8 nitrogen and oxygen atoms in total. The zero-order valence-electron chi connectivity index (χ0n) is 14.9. The molecule has 2 atom stereocenters. The Kier molecular flexibility index (Phi) is 5.24. The van der Waals surface area contributed by atoms with Crippen molar-refractivity contribution < 1.29 is 24.3 Å². The van der Waals surface area contributed by atoms with Gasteiger partial charge in [-0.3, -0.25) is 14.5 Å². The number of benzene rings is 1. The number of amides is 2. The number of oxime groups is 1. The molecule has 0 spiro atoms. The molecule has 1 aromatic carbocycles. The molecule has 1 aromatic heterocycles. The van der Waals surface area contributed by atoms with Crippen LogP contribution < -0.4 is 5.32 Å². The second-order valence-corrected chi connectivity index (χ2v) is 8.66. The predicted molar refractivity (Wildman–Crippen MR) is 111 cm³/mol. The van der Waals surface area contributed by atoms with Crippen molar-refractivity contribution in [2.45, 2.75) is 11.4 Å². The molecule has 0 bridgehead atoms. The standard InChI is InChI=1S/C18H14ClN3O5S2/c1-27-21-12(14-10-3-2-9(19)6-8(10)7-29-14)15(23)20-13-16(24)22-11(18(25)26)4-5-28-17(13)22/h2-4,6-7,13,17H,5H2,1H3,(H,20,23)(H,25,26)/b21-12+/t13?,17-/m1/s1. The van der Waals surface area contributed by atoms with Gasteiger partial charge in [-0.2, -0.15) is 0 Å². The van der Waals surface area contributed by atoms with Gasteiger partial charge in [-0.1, -0.05) is 22.8 Å². The van der Waals surface area contributed by atoms with Crippen LogP contribution in [0.3, 0.4) is 0 Å². The van der Waals surface area contributed by atoms with Crippen molar-refractivity contribution >= 4 is 69.0 Å². The van der Waals surface area contributed by atoms with E-state index in [1.54, 1.807) is 18.2 Å². The topological polar surface area (TPSA) is 108 Å². The largest absolute Gasteiger partial charge is 0.477 e. The summed E-state index contributed by atoms with van der Waals surface area (Å²) in [5, 5.41) is 19.4. The third-order valence-corrected chi connectivity index (χ3v) is 6.97. The number of carbonyl (C=O) groups is 3. The highest BCUT2D eigenvalue weighted by molar-refractivity contribution is 8.00. The first-order valence-electron chi connectivity index (χ1n) is 8.39. The summed E-state index contributed by atoms with van der Waals surface area (Å²) >= 11 is 8.71. The van der Waals surface area contributed by atoms with E-state index in [2.05, 4.69) is 10.5 Å². The summed E-state index contributed by atoms with van der Waals surface area (Å²) in [7, 11) is 1.33. The number of thioether (sulfide) groups is 1. The average Bonchev–Trinajstić information content (AvgIpc) is 3.11. The molecule has 0 saturated carbocycles. The van der Waals surface area contributed by atoms with Crippen LogP contribution in [-0.2, 0) is 19.2 Å². The number of carboxylic acids is 1. The van der Waals surface area contributed by atoms with Gasteiger partial charge in [0.05, 0.1) is 4.88 Å². The SMILES string of the molecule is CO/N=C(/C(=O)NC1C(=O)N2C(C(=O)O)=CCS[C@H]12)c1scc2cc(Cl)ccc12. The Morgan fingerprint density at radius 2 is 2.21 bits per heavy atom. The summed E-state index contributed by atoms with van der Waals surface area (Å²) < 4.78 is 0. The van der Waals surface area contributed by atoms with Crippen LogP contribution >= 0.6 is 34.7 Å². The molecule has 2 aliphatic heterocycles. The Morgan fingerprint density at radius 3 is 2.93 bits per heavy atom. The number of nitrogens with one attached hydrogen (secondary N) is 1. The van der Waals surface area contributed by atoms with Crippen LogP contribution in [0.5, 0.6) is 0 Å². The lowest BCUT2D eigenvalue weighted by molar-refractivity contribution is -0.150. The van der Waals surface area contributed by atoms with Gasteiger partial charge in [0.15, 0.2) is 5.71 Å². The highest BCUT2D eigenvalue weighted by Gasteiger charge is 2.53. The fraction of sp³-hybridized carbons (Fsp3) is 0.222. The molecule has 1 saturated heterocycles. The summed E-state index contributed by atoms with van der Waals surface area (Å²) in [6, 6.07) is 4.46. The Morgan fingerprint density at radius 1 is 1.41 bits per heavy atom. The second kappa shape index (κ2) is 7.69. The molecular formula is C18H14ClN3O5S2. The average molecular weight is 452 g/mol. The van der Waals surface area contributed by atoms with Gasteiger partial charge < -0.3 is 15.3 Å². The van der Waals surface area contributed by atoms with Crippen molar-refractivity contribution in [2.75, 3.05) is 12.9 Å². The fourth-order valence-electron chi connectivity index (χ4n) is 3.23. The van der Waals surface area contributed by atoms with E-state index in [0.29, 0.717) is 15.7 Å². The molecule has 2 N–H and O–H groups in total. The monoisotopic (exact) mass is 451 g/mol. The van der Waals surface area contributed by atoms with Crippen molar-refractivity contribution in [3.8, 4) is 0 Å². The molecule has 29 heavy (non-hydrogen) atoms. The third kappa shape index (κ3) is 3.37. The van der Waals surface area contributed by atoms with Crippen molar-refractivity contribution in [3.05, 3.63) is 45.3 Å². The van der Waals surface area contributed by atoms with E-state index < -0.39 is 29.2 Å². The van der Waals surface area contributed by atoms with Crippen LogP contribution in [0.2, 0.25) is 5.02 Å². The quantitative estimate of drug-likeness (QED) is 0.410. The normalized spacial score (nSPS) is 21.3. The Hall–Kier alpha value is -2.56. The number of carbonyl (C=O) groups excluding carboxylic acids is 2. The molecule has 2 aliphatic rings. The number of fused-ring (bicyclic) bond motifs is 2. The van der Waals surface area contributed by atoms with Gasteiger partial charge in [-0.15, -0.1) is 23.1 Å². The summed E-state index contributed by atoms with van der Waals surface area (Å²) in [5.41, 5.74) is -0.0213. The Balaban J connectivity index is 1.58. The van der Waals surface area contributed by atoms with Gasteiger partial charge in [-0.05, 0) is 29.0 Å². The Labute approximate surface area is 178 Å². The lowest BCUT2D eigenvalue weighted by Gasteiger charge is -2.48. The lowest BCUT2D eigenvalue weighted by Crippen LogP contribution is -2.70. The number of halogens is 1. The van der Waals surface area contributed by atoms with Crippen LogP contribution in [-0.4, -0.2) is 57.8 Å². The maximum atomic E-state index is 12.9. The minimum atomic E-state index is -1.17. The predicted octanol–water partition coefficient (Wildman–Crippen LogP) is 2.27. The van der Waals surface area contributed by atoms with Crippen molar-refractivity contribution in [1.29, 1.82) is 0 Å². The number of rotatable bonds is 5. The molecule has 150 valence electrons. The maximum absolute atomic E-state index is 12.9. The molecule has 1 unspecified atom stereocenters. The minimum Gasteiger partial charge on any atom is -0.477 e. The molecule has 4 rings (SSSR count). The lowest BCUT2D eigenvalue weighted by atomic mass is 10.0. The van der Waals surface area contributed by atoms with Crippen LogP contribution in [0.4, 0.5) is 0 Å². The smallest absolute Gasteiger partial charge is 0.352 e. The van der Waals surface area contributed by atoms with Gasteiger partial charge in [0, 0.05) is 16.2 Å². The van der Waals surface area contributed by atoms with Crippen molar-refractivity contribution in [2.24, 2.45) is 5.16 Å². The number of nitrogens with zero attached hydrogens (tertiary/aromatic N) is 2. The highest BCUT2D eigenvalue weighted by atomic mass is 35.5. The number of carboxylic acid groups (broad SMARTS) is 1. The zero-order chi connectivity index (χ0) is 20.7. The fourth-order valence-corrected chi connectivity index (χ4v) is 5.60. The first kappa shape index (κ1) is 19.7. The van der Waals surface area contributed by atoms with Crippen LogP contribution in [0.15, 0.2) is 40.5 Å². The summed E-state index contributed by atoms with van der Waals surface area (Å²) in [4.78, 5) is 43.3. The molecule has 1 fully saturated rings. The summed E-state index contributed by atoms with van der Waals surface area (Å²) in [6.45, 7) is 0. The molecule has 2 amide bonds. The van der Waals surface area contributed by atoms with E-state index in [9.17, 15) is 19.5 Å². The van der Waals surface area contributed by atoms with Crippen molar-refractivity contribution in [3.63, 3.8) is 0 Å². The van der Waals surface area contributed by atoms with Crippen LogP contribution in [0.1, 0.15) is 4.88 Å². The number of aliphatic carboxylic acids is 1. The van der Waals surface area contributed by atoms with E-state index in [0.717, 1.165) is 10.8 Å². The molecular weight excluding hydrogens is 438 g/mol. The van der Waals surface area contributed by atoms with E-state index in [-0.39, 0.29) is 11.4 Å². The van der Waals surface area contributed by atoms with Crippen molar-refractivity contribution in [1.82, 2.24) is 10.2 Å². The van der Waals surface area contributed by atoms with E-state index >= 15 is 0 Å². The first-order chi connectivity index (χ1) is 13.9. The molecule has 2 aromatic rings. The molecule has 0 aliphatic carbocycles. The molecule has 0 radical (unpaired) electrons. The van der Waals surface area contributed by atoms with E-state index in [4.69, 9.17) is 16.4 Å². The number of thiophene rings is 1. The third-order valence-electron chi connectivity index (χ3n) is 4.53. The summed E-state index contributed by atoms with van der Waals surface area (Å²) in [5.74, 6) is -1.77. The molecule has 11 heteroatoms. The first-order valence-corrected chi connectivity index (χ1v) is 10.7. The van der Waals surface area contributed by atoms with Gasteiger partial charge in [0.25, 0.3) is 11.8 Å². The molecule has 3 heterocycles. The van der Waals surface area contributed by atoms with Gasteiger partial charge in [0.2, 0.25) is 0 Å². The highest BCUT2D eigenvalue weighted by Crippen LogP contribution is 2.37. The van der Waals surface area contributed by atoms with E-state index in [1.807, 2.05) is 5.38 Å².